The van der Waals surface area contributed by atoms with Gasteiger partial charge in [0.1, 0.15) is 6.54 Å². The van der Waals surface area contributed by atoms with Crippen molar-refractivity contribution in [3.63, 3.8) is 0 Å². The van der Waals surface area contributed by atoms with Gasteiger partial charge in [0.15, 0.2) is 5.82 Å². The molecule has 0 radical (unpaired) electrons. The largest absolute Gasteiger partial charge is 0.480 e. The number of carbonyl (C=O) groups is 1. The smallest absolute Gasteiger partial charge is 0.323 e. The number of aliphatic carboxylic acids is 1. The van der Waals surface area contributed by atoms with Gasteiger partial charge in [-0.15, -0.1) is 0 Å². The first-order valence-electron chi connectivity index (χ1n) is 3.97. The normalized spacial score (nSPS) is 9.86. The molecule has 0 aliphatic rings. The summed E-state index contributed by atoms with van der Waals surface area (Å²) in [6, 6.07) is 0. The summed E-state index contributed by atoms with van der Waals surface area (Å²) in [7, 11) is 3.35. The lowest BCUT2D eigenvalue weighted by atomic mass is 10.5. The van der Waals surface area contributed by atoms with Crippen molar-refractivity contribution in [2.75, 3.05) is 19.0 Å². The van der Waals surface area contributed by atoms with E-state index < -0.39 is 11.5 Å². The van der Waals surface area contributed by atoms with Crippen LogP contribution < -0.4 is 10.5 Å². The van der Waals surface area contributed by atoms with Gasteiger partial charge in [0.2, 0.25) is 0 Å². The van der Waals surface area contributed by atoms with Crippen LogP contribution >= 0.6 is 0 Å². The van der Waals surface area contributed by atoms with E-state index >= 15 is 0 Å². The lowest BCUT2D eigenvalue weighted by Gasteiger charge is -2.11. The summed E-state index contributed by atoms with van der Waals surface area (Å²) in [6.45, 7) is -0.345. The minimum Gasteiger partial charge on any atom is -0.480 e. The van der Waals surface area contributed by atoms with Crippen LogP contribution in [0.4, 0.5) is 5.82 Å². The van der Waals surface area contributed by atoms with Crippen molar-refractivity contribution in [2.45, 2.75) is 6.54 Å². The molecule has 1 rings (SSSR count). The number of hydrogen-bond acceptors (Lipinski definition) is 4. The molecule has 0 unspecified atom stereocenters. The van der Waals surface area contributed by atoms with E-state index in [1.165, 1.54) is 12.4 Å². The molecule has 0 atom stereocenters. The summed E-state index contributed by atoms with van der Waals surface area (Å²) < 4.78 is 1.10. The molecule has 0 saturated carbocycles. The number of hydrogen-bond donors (Lipinski definition) is 1. The molecule has 0 fully saturated rings. The van der Waals surface area contributed by atoms with E-state index in [0.29, 0.717) is 0 Å². The van der Waals surface area contributed by atoms with Gasteiger partial charge in [0, 0.05) is 26.5 Å². The number of carboxylic acids is 1. The highest BCUT2D eigenvalue weighted by Crippen LogP contribution is 1.96. The van der Waals surface area contributed by atoms with Crippen LogP contribution in [0.3, 0.4) is 0 Å². The fraction of sp³-hybridized carbons (Fsp3) is 0.375. The van der Waals surface area contributed by atoms with Crippen LogP contribution in [-0.4, -0.2) is 34.7 Å². The van der Waals surface area contributed by atoms with Crippen molar-refractivity contribution >= 4 is 11.8 Å². The Kier molecular flexibility index (Phi) is 2.85. The van der Waals surface area contributed by atoms with Gasteiger partial charge in [-0.3, -0.25) is 14.2 Å². The Balaban J connectivity index is 3.14. The fourth-order valence-corrected chi connectivity index (χ4v) is 1.01. The fourth-order valence-electron chi connectivity index (χ4n) is 1.01. The number of aromatic nitrogens is 2. The van der Waals surface area contributed by atoms with E-state index in [0.717, 1.165) is 4.57 Å². The summed E-state index contributed by atoms with van der Waals surface area (Å²) in [5.41, 5.74) is -0.403. The molecule has 6 nitrogen and oxygen atoms in total. The standard InChI is InChI=1S/C8H11N3O3/c1-10(2)7-8(14)11(4-3-9-7)5-6(12)13/h3-4H,5H2,1-2H3,(H,12,13). The second-order valence-electron chi connectivity index (χ2n) is 2.97. The van der Waals surface area contributed by atoms with Crippen LogP contribution in [0.15, 0.2) is 17.2 Å². The third-order valence-electron chi connectivity index (χ3n) is 1.62. The Hall–Kier alpha value is -1.85. The van der Waals surface area contributed by atoms with E-state index in [9.17, 15) is 9.59 Å². The highest BCUT2D eigenvalue weighted by Gasteiger charge is 2.08. The lowest BCUT2D eigenvalue weighted by molar-refractivity contribution is -0.137. The van der Waals surface area contributed by atoms with Crippen LogP contribution in [0.5, 0.6) is 0 Å². The molecule has 14 heavy (non-hydrogen) atoms. The summed E-state index contributed by atoms with van der Waals surface area (Å²) in [5, 5.41) is 8.53. The first kappa shape index (κ1) is 10.2. The van der Waals surface area contributed by atoms with Crippen LogP contribution in [-0.2, 0) is 11.3 Å². The molecule has 1 aromatic rings. The van der Waals surface area contributed by atoms with Gasteiger partial charge < -0.3 is 10.0 Å². The van der Waals surface area contributed by atoms with E-state index in [2.05, 4.69) is 4.98 Å². The highest BCUT2D eigenvalue weighted by atomic mass is 16.4. The molecule has 0 amide bonds. The zero-order valence-corrected chi connectivity index (χ0v) is 7.97. The predicted molar refractivity (Wildman–Crippen MR) is 50.5 cm³/mol. The molecule has 1 N–H and O–H groups in total. The molecular weight excluding hydrogens is 186 g/mol. The second kappa shape index (κ2) is 3.91. The highest BCUT2D eigenvalue weighted by molar-refractivity contribution is 5.66. The van der Waals surface area contributed by atoms with Gasteiger partial charge in [0.05, 0.1) is 0 Å². The van der Waals surface area contributed by atoms with Gasteiger partial charge in [0.25, 0.3) is 5.56 Å². The van der Waals surface area contributed by atoms with Crippen molar-refractivity contribution in [1.82, 2.24) is 9.55 Å². The summed E-state index contributed by atoms with van der Waals surface area (Å²) in [6.07, 6.45) is 2.75. The van der Waals surface area contributed by atoms with Crippen molar-refractivity contribution in [1.29, 1.82) is 0 Å². The summed E-state index contributed by atoms with van der Waals surface area (Å²) >= 11 is 0. The summed E-state index contributed by atoms with van der Waals surface area (Å²) in [5.74, 6) is -0.822. The van der Waals surface area contributed by atoms with E-state index in [1.54, 1.807) is 19.0 Å². The number of nitrogens with zero attached hydrogens (tertiary/aromatic N) is 3. The second-order valence-corrected chi connectivity index (χ2v) is 2.97. The maximum atomic E-state index is 11.5. The zero-order chi connectivity index (χ0) is 10.7. The quantitative estimate of drug-likeness (QED) is 0.699. The van der Waals surface area contributed by atoms with Gasteiger partial charge in [-0.05, 0) is 0 Å². The Morgan fingerprint density at radius 3 is 2.79 bits per heavy atom. The first-order valence-corrected chi connectivity index (χ1v) is 3.97. The molecular formula is C8H11N3O3. The number of rotatable bonds is 3. The van der Waals surface area contributed by atoms with Crippen LogP contribution in [0.1, 0.15) is 0 Å². The van der Waals surface area contributed by atoms with Crippen molar-refractivity contribution in [2.24, 2.45) is 0 Å². The Morgan fingerprint density at radius 1 is 1.64 bits per heavy atom. The minimum atomic E-state index is -1.05. The van der Waals surface area contributed by atoms with Gasteiger partial charge in [-0.2, -0.15) is 0 Å². The van der Waals surface area contributed by atoms with Gasteiger partial charge in [-0.1, -0.05) is 0 Å². The maximum absolute atomic E-state index is 11.5. The predicted octanol–water partition coefficient (Wildman–Crippen LogP) is -0.606. The molecule has 6 heteroatoms. The van der Waals surface area contributed by atoms with E-state index in [1.807, 2.05) is 0 Å². The monoisotopic (exact) mass is 197 g/mol. The van der Waals surface area contributed by atoms with Crippen LogP contribution in [0.25, 0.3) is 0 Å². The van der Waals surface area contributed by atoms with Crippen molar-refractivity contribution in [3.8, 4) is 0 Å². The van der Waals surface area contributed by atoms with Crippen LogP contribution in [0.2, 0.25) is 0 Å². The average Bonchev–Trinajstić information content (AvgIpc) is 2.07. The molecule has 1 aromatic heterocycles. The SMILES string of the molecule is CN(C)c1nccn(CC(=O)O)c1=O. The summed E-state index contributed by atoms with van der Waals surface area (Å²) in [4.78, 5) is 27.3. The maximum Gasteiger partial charge on any atom is 0.323 e. The lowest BCUT2D eigenvalue weighted by Crippen LogP contribution is -2.29. The van der Waals surface area contributed by atoms with E-state index in [4.69, 9.17) is 5.11 Å². The zero-order valence-electron chi connectivity index (χ0n) is 7.97. The van der Waals surface area contributed by atoms with Crippen molar-refractivity contribution < 1.29 is 9.90 Å². The van der Waals surface area contributed by atoms with Crippen LogP contribution in [0, 0.1) is 0 Å². The van der Waals surface area contributed by atoms with Gasteiger partial charge in [-0.25, -0.2) is 4.98 Å². The average molecular weight is 197 g/mol. The first-order chi connectivity index (χ1) is 6.52. The molecule has 0 aliphatic carbocycles. The number of anilines is 1. The molecule has 0 aliphatic heterocycles. The van der Waals surface area contributed by atoms with Gasteiger partial charge >= 0.3 is 5.97 Å². The molecule has 0 bridgehead atoms. The Bertz CT molecular complexity index is 397. The Morgan fingerprint density at radius 2 is 2.29 bits per heavy atom. The molecule has 0 saturated heterocycles. The minimum absolute atomic E-state index is 0.230. The third kappa shape index (κ3) is 2.09. The van der Waals surface area contributed by atoms with Crippen molar-refractivity contribution in [3.05, 3.63) is 22.7 Å². The van der Waals surface area contributed by atoms with E-state index in [-0.39, 0.29) is 12.4 Å². The molecule has 76 valence electrons. The topological polar surface area (TPSA) is 75.4 Å². The molecule has 1 heterocycles. The number of carboxylic acid groups (broad SMARTS) is 1. The molecule has 0 aromatic carbocycles. The third-order valence-corrected chi connectivity index (χ3v) is 1.62. The molecule has 0 spiro atoms. The Labute approximate surface area is 80.4 Å².